The fourth-order valence-electron chi connectivity index (χ4n) is 1.53. The molecule has 0 saturated carbocycles. The predicted molar refractivity (Wildman–Crippen MR) is 83.4 cm³/mol. The number of thiocarbonyl (C=S) groups is 1. The lowest BCUT2D eigenvalue weighted by Gasteiger charge is -2.08. The molecule has 0 bridgehead atoms. The molecule has 0 aliphatic rings. The Morgan fingerprint density at radius 2 is 2.14 bits per heavy atom. The van der Waals surface area contributed by atoms with Crippen molar-refractivity contribution in [2.45, 2.75) is 20.3 Å². The Morgan fingerprint density at radius 1 is 1.38 bits per heavy atom. The molecule has 0 aliphatic heterocycles. The highest BCUT2D eigenvalue weighted by atomic mass is 32.1. The van der Waals surface area contributed by atoms with Gasteiger partial charge in [0.25, 0.3) is 0 Å². The van der Waals surface area contributed by atoms with Crippen LogP contribution in [0.2, 0.25) is 0 Å². The van der Waals surface area contributed by atoms with E-state index in [4.69, 9.17) is 17.0 Å². The molecule has 0 saturated heterocycles. The van der Waals surface area contributed by atoms with Crippen molar-refractivity contribution in [3.8, 4) is 0 Å². The average Bonchev–Trinajstić information content (AvgIpc) is 2.47. The first-order valence-corrected chi connectivity index (χ1v) is 7.06. The van der Waals surface area contributed by atoms with Crippen LogP contribution in [0.3, 0.4) is 0 Å². The summed E-state index contributed by atoms with van der Waals surface area (Å²) < 4.78 is 31.8. The minimum atomic E-state index is -0.532. The third-order valence-electron chi connectivity index (χ3n) is 2.60. The Kier molecular flexibility index (Phi) is 7.78. The largest absolute Gasteiger partial charge is 0.382 e. The van der Waals surface area contributed by atoms with Crippen LogP contribution in [-0.4, -0.2) is 30.6 Å². The van der Waals surface area contributed by atoms with Crippen LogP contribution in [0.25, 0.3) is 0 Å². The first-order chi connectivity index (χ1) is 10.0. The molecule has 7 heteroatoms. The van der Waals surface area contributed by atoms with Crippen LogP contribution in [0.5, 0.6) is 0 Å². The maximum Gasteiger partial charge on any atom is 0.186 e. The molecule has 0 unspecified atom stereocenters. The second-order valence-corrected chi connectivity index (χ2v) is 4.65. The van der Waals surface area contributed by atoms with Gasteiger partial charge in [-0.2, -0.15) is 5.10 Å². The molecular weight excluding hydrogens is 296 g/mol. The maximum absolute atomic E-state index is 13.5. The van der Waals surface area contributed by atoms with E-state index in [1.54, 1.807) is 6.92 Å². The van der Waals surface area contributed by atoms with Crippen molar-refractivity contribution in [2.75, 3.05) is 19.8 Å². The summed E-state index contributed by atoms with van der Waals surface area (Å²) in [6.45, 7) is 5.49. The van der Waals surface area contributed by atoms with Crippen LogP contribution >= 0.6 is 12.2 Å². The summed E-state index contributed by atoms with van der Waals surface area (Å²) in [5, 5.41) is 7.20. The molecule has 0 aromatic heterocycles. The van der Waals surface area contributed by atoms with Crippen LogP contribution in [-0.2, 0) is 4.74 Å². The van der Waals surface area contributed by atoms with Gasteiger partial charge in [-0.3, -0.25) is 5.43 Å². The lowest BCUT2D eigenvalue weighted by atomic mass is 10.1. The van der Waals surface area contributed by atoms with E-state index in [2.05, 4.69) is 15.8 Å². The highest BCUT2D eigenvalue weighted by molar-refractivity contribution is 7.80. The van der Waals surface area contributed by atoms with Gasteiger partial charge in [0.15, 0.2) is 5.11 Å². The number of nitrogens with one attached hydrogen (secondary N) is 2. The van der Waals surface area contributed by atoms with Crippen LogP contribution in [0.4, 0.5) is 8.78 Å². The van der Waals surface area contributed by atoms with Crippen molar-refractivity contribution in [1.29, 1.82) is 0 Å². The topological polar surface area (TPSA) is 45.6 Å². The Labute approximate surface area is 128 Å². The summed E-state index contributed by atoms with van der Waals surface area (Å²) in [7, 11) is 0. The smallest absolute Gasteiger partial charge is 0.186 e. The number of halogens is 2. The second-order valence-electron chi connectivity index (χ2n) is 4.24. The Hall–Kier alpha value is -1.60. The van der Waals surface area contributed by atoms with E-state index >= 15 is 0 Å². The van der Waals surface area contributed by atoms with Gasteiger partial charge in [0, 0.05) is 25.3 Å². The normalized spacial score (nSPS) is 11.3. The first kappa shape index (κ1) is 17.5. The minimum absolute atomic E-state index is 0.0987. The molecule has 1 rings (SSSR count). The second kappa shape index (κ2) is 9.36. The SMILES string of the molecule is CCOCCCNC(=S)N/N=C(/C)c1cc(F)ccc1F. The molecule has 0 fully saturated rings. The van der Waals surface area contributed by atoms with Crippen molar-refractivity contribution in [2.24, 2.45) is 5.10 Å². The summed E-state index contributed by atoms with van der Waals surface area (Å²) in [4.78, 5) is 0. The summed E-state index contributed by atoms with van der Waals surface area (Å²) in [5.41, 5.74) is 3.01. The van der Waals surface area contributed by atoms with E-state index in [-0.39, 0.29) is 5.56 Å². The maximum atomic E-state index is 13.5. The Bertz CT molecular complexity index is 509. The number of hydrogen-bond donors (Lipinski definition) is 2. The third kappa shape index (κ3) is 6.59. The van der Waals surface area contributed by atoms with Gasteiger partial charge in [-0.1, -0.05) is 0 Å². The van der Waals surface area contributed by atoms with Gasteiger partial charge in [0.05, 0.1) is 5.71 Å². The van der Waals surface area contributed by atoms with Crippen molar-refractivity contribution < 1.29 is 13.5 Å². The summed E-state index contributed by atoms with van der Waals surface area (Å²) >= 11 is 5.02. The Balaban J connectivity index is 2.44. The van der Waals surface area contributed by atoms with Gasteiger partial charge in [-0.25, -0.2) is 8.78 Å². The van der Waals surface area contributed by atoms with Gasteiger partial charge < -0.3 is 10.1 Å². The molecular formula is C14H19F2N3OS. The van der Waals surface area contributed by atoms with Crippen LogP contribution in [0.15, 0.2) is 23.3 Å². The monoisotopic (exact) mass is 315 g/mol. The molecule has 2 N–H and O–H groups in total. The van der Waals surface area contributed by atoms with E-state index in [0.29, 0.717) is 30.6 Å². The van der Waals surface area contributed by atoms with Crippen LogP contribution in [0, 0.1) is 11.6 Å². The fourth-order valence-corrected chi connectivity index (χ4v) is 1.68. The molecule has 4 nitrogen and oxygen atoms in total. The summed E-state index contributed by atoms with van der Waals surface area (Å²) in [5.74, 6) is -1.05. The van der Waals surface area contributed by atoms with Crippen molar-refractivity contribution in [3.63, 3.8) is 0 Å². The zero-order valence-corrected chi connectivity index (χ0v) is 12.9. The molecule has 1 aromatic carbocycles. The van der Waals surface area contributed by atoms with Crippen molar-refractivity contribution >= 4 is 23.0 Å². The number of hydrogen-bond acceptors (Lipinski definition) is 3. The standard InChI is InChI=1S/C14H19F2N3OS/c1-3-20-8-4-7-17-14(21)19-18-10(2)12-9-11(15)5-6-13(12)16/h5-6,9H,3-4,7-8H2,1-2H3,(H2,17,19,21)/b18-10-. The van der Waals surface area contributed by atoms with Gasteiger partial charge >= 0.3 is 0 Å². The molecule has 1 aromatic rings. The predicted octanol–water partition coefficient (Wildman–Crippen LogP) is 2.58. The van der Waals surface area contributed by atoms with Crippen molar-refractivity contribution in [1.82, 2.24) is 10.7 Å². The molecule has 0 spiro atoms. The fraction of sp³-hybridized carbons (Fsp3) is 0.429. The quantitative estimate of drug-likeness (QED) is 0.351. The van der Waals surface area contributed by atoms with Gasteiger partial charge in [0.2, 0.25) is 0 Å². The zero-order valence-electron chi connectivity index (χ0n) is 12.1. The van der Waals surface area contributed by atoms with Crippen LogP contribution < -0.4 is 10.7 Å². The van der Waals surface area contributed by atoms with E-state index < -0.39 is 11.6 Å². The average molecular weight is 315 g/mol. The molecule has 0 aliphatic carbocycles. The zero-order chi connectivity index (χ0) is 15.7. The molecule has 0 amide bonds. The molecule has 0 radical (unpaired) electrons. The lowest BCUT2D eigenvalue weighted by Crippen LogP contribution is -2.33. The number of benzene rings is 1. The number of hydrazone groups is 1. The van der Waals surface area contributed by atoms with Gasteiger partial charge in [0.1, 0.15) is 11.6 Å². The van der Waals surface area contributed by atoms with Crippen molar-refractivity contribution in [3.05, 3.63) is 35.4 Å². The van der Waals surface area contributed by atoms with E-state index in [1.807, 2.05) is 6.92 Å². The molecule has 0 heterocycles. The van der Waals surface area contributed by atoms with E-state index in [0.717, 1.165) is 24.6 Å². The van der Waals surface area contributed by atoms with E-state index in [1.165, 1.54) is 0 Å². The Morgan fingerprint density at radius 3 is 2.86 bits per heavy atom. The van der Waals surface area contributed by atoms with Crippen LogP contribution in [0.1, 0.15) is 25.8 Å². The highest BCUT2D eigenvalue weighted by Gasteiger charge is 2.07. The third-order valence-corrected chi connectivity index (χ3v) is 2.83. The molecule has 116 valence electrons. The first-order valence-electron chi connectivity index (χ1n) is 6.66. The summed E-state index contributed by atoms with van der Waals surface area (Å²) in [6.07, 6.45) is 0.816. The molecule has 21 heavy (non-hydrogen) atoms. The number of ether oxygens (including phenoxy) is 1. The number of rotatable bonds is 7. The highest BCUT2D eigenvalue weighted by Crippen LogP contribution is 2.10. The van der Waals surface area contributed by atoms with Gasteiger partial charge in [-0.15, -0.1) is 0 Å². The van der Waals surface area contributed by atoms with Gasteiger partial charge in [-0.05, 0) is 50.7 Å². The molecule has 0 atom stereocenters. The van der Waals surface area contributed by atoms with E-state index in [9.17, 15) is 8.78 Å². The summed E-state index contributed by atoms with van der Waals surface area (Å²) in [6, 6.07) is 3.21. The number of nitrogens with zero attached hydrogens (tertiary/aromatic N) is 1. The lowest BCUT2D eigenvalue weighted by molar-refractivity contribution is 0.145. The minimum Gasteiger partial charge on any atom is -0.382 e.